The van der Waals surface area contributed by atoms with E-state index in [-0.39, 0.29) is 24.2 Å². The molecule has 0 saturated heterocycles. The van der Waals surface area contributed by atoms with Crippen LogP contribution in [0.25, 0.3) is 0 Å². The molecule has 1 heterocycles. The Bertz CT molecular complexity index is 929. The number of aromatic nitrogens is 1. The maximum absolute atomic E-state index is 12.7. The number of carbonyl (C=O) groups is 3. The normalized spacial score (nSPS) is 11.5. The molecule has 2 rings (SSSR count). The lowest BCUT2D eigenvalue weighted by Gasteiger charge is -2.28. The Morgan fingerprint density at radius 3 is 2.57 bits per heavy atom. The summed E-state index contributed by atoms with van der Waals surface area (Å²) < 4.78 is 5.37. The van der Waals surface area contributed by atoms with Crippen molar-refractivity contribution in [3.63, 3.8) is 0 Å². The molecular weight excluding hydrogens is 386 g/mol. The van der Waals surface area contributed by atoms with E-state index in [1.165, 1.54) is 29.3 Å². The molecule has 2 amide bonds. The van der Waals surface area contributed by atoms with Gasteiger partial charge >= 0.3 is 11.7 Å². The quantitative estimate of drug-likeness (QED) is 0.407. The van der Waals surface area contributed by atoms with Crippen molar-refractivity contribution in [2.75, 3.05) is 18.5 Å². The number of carbonyl (C=O) groups excluding carboxylic acids is 3. The number of pyridine rings is 1. The van der Waals surface area contributed by atoms with Crippen LogP contribution in [-0.4, -0.2) is 41.9 Å². The van der Waals surface area contributed by atoms with Crippen molar-refractivity contribution in [3.8, 4) is 0 Å². The Hall–Kier alpha value is -3.42. The maximum Gasteiger partial charge on any atom is 0.405 e. The van der Waals surface area contributed by atoms with Crippen LogP contribution in [0.15, 0.2) is 42.6 Å². The second-order valence-corrected chi connectivity index (χ2v) is 7.06. The van der Waals surface area contributed by atoms with Crippen molar-refractivity contribution in [1.82, 2.24) is 4.90 Å². The molecule has 0 saturated carbocycles. The number of hydrogen-bond acceptors (Lipinski definition) is 5. The summed E-state index contributed by atoms with van der Waals surface area (Å²) in [6, 6.07) is 9.68. The van der Waals surface area contributed by atoms with Crippen LogP contribution in [0, 0.1) is 19.1 Å². The lowest BCUT2D eigenvalue weighted by atomic mass is 10.1. The van der Waals surface area contributed by atoms with Gasteiger partial charge in [-0.2, -0.15) is 4.73 Å². The van der Waals surface area contributed by atoms with Gasteiger partial charge in [0.25, 0.3) is 5.91 Å². The smallest absolute Gasteiger partial charge is 0.405 e. The molecule has 0 bridgehead atoms. The zero-order valence-electron chi connectivity index (χ0n) is 17.7. The summed E-state index contributed by atoms with van der Waals surface area (Å²) in [6.07, 6.45) is 1.79. The highest BCUT2D eigenvalue weighted by Crippen LogP contribution is 2.18. The van der Waals surface area contributed by atoms with E-state index in [0.29, 0.717) is 16.8 Å². The zero-order chi connectivity index (χ0) is 22.3. The largest absolute Gasteiger partial charge is 0.618 e. The molecule has 0 fully saturated rings. The van der Waals surface area contributed by atoms with Crippen molar-refractivity contribution in [2.45, 2.75) is 40.2 Å². The van der Waals surface area contributed by atoms with Crippen LogP contribution in [-0.2, 0) is 14.3 Å². The predicted molar refractivity (Wildman–Crippen MR) is 112 cm³/mol. The summed E-state index contributed by atoms with van der Waals surface area (Å²) in [6.45, 7) is 6.83. The van der Waals surface area contributed by atoms with E-state index < -0.39 is 18.5 Å². The third-order valence-electron chi connectivity index (χ3n) is 5.00. The first-order valence-electron chi connectivity index (χ1n) is 9.75. The van der Waals surface area contributed by atoms with E-state index in [0.717, 1.165) is 11.1 Å². The van der Waals surface area contributed by atoms with Crippen LogP contribution in [0.4, 0.5) is 5.69 Å². The number of nitrogens with zero attached hydrogens (tertiary/aromatic N) is 2. The standard InChI is InChI=1S/C22H27N3O5/c1-5-16(3)24(13-20(26)23-18-10-8-9-15(2)17(18)4)21(27)14-30-22(28)19-11-6-7-12-25(19)29/h6-12,16H,5,13-14H2,1-4H3,(H,23,26)/t16-/m0/s1. The van der Waals surface area contributed by atoms with E-state index in [2.05, 4.69) is 5.32 Å². The van der Waals surface area contributed by atoms with Gasteiger partial charge in [0.1, 0.15) is 6.54 Å². The van der Waals surface area contributed by atoms with E-state index in [1.807, 2.05) is 39.8 Å². The van der Waals surface area contributed by atoms with E-state index in [4.69, 9.17) is 4.74 Å². The van der Waals surface area contributed by atoms with Crippen molar-refractivity contribution >= 4 is 23.5 Å². The molecule has 1 aromatic heterocycles. The van der Waals surface area contributed by atoms with Crippen molar-refractivity contribution in [3.05, 3.63) is 64.6 Å². The SMILES string of the molecule is CC[C@H](C)N(CC(=O)Nc1cccc(C)c1C)C(=O)COC(=O)c1cccc[n+]1[O-]. The minimum Gasteiger partial charge on any atom is -0.618 e. The Labute approximate surface area is 176 Å². The summed E-state index contributed by atoms with van der Waals surface area (Å²) in [5.74, 6) is -1.76. The van der Waals surface area contributed by atoms with Crippen molar-refractivity contribution in [2.24, 2.45) is 0 Å². The van der Waals surface area contributed by atoms with Crippen LogP contribution >= 0.6 is 0 Å². The van der Waals surface area contributed by atoms with Crippen LogP contribution in [0.2, 0.25) is 0 Å². The third-order valence-corrected chi connectivity index (χ3v) is 5.00. The Balaban J connectivity index is 2.03. The molecule has 30 heavy (non-hydrogen) atoms. The summed E-state index contributed by atoms with van der Waals surface area (Å²) in [5.41, 5.74) is 2.47. The minimum atomic E-state index is -0.900. The van der Waals surface area contributed by atoms with Gasteiger partial charge in [-0.25, -0.2) is 4.79 Å². The lowest BCUT2D eigenvalue weighted by Crippen LogP contribution is -2.45. The molecule has 0 aliphatic rings. The molecule has 2 aromatic rings. The predicted octanol–water partition coefficient (Wildman–Crippen LogP) is 2.36. The van der Waals surface area contributed by atoms with E-state index in [1.54, 1.807) is 6.07 Å². The molecule has 1 aromatic carbocycles. The summed E-state index contributed by atoms with van der Waals surface area (Å²) in [4.78, 5) is 38.7. The number of aryl methyl sites for hydroxylation is 1. The molecule has 8 heteroatoms. The van der Waals surface area contributed by atoms with Crippen LogP contribution in [0.5, 0.6) is 0 Å². The van der Waals surface area contributed by atoms with Gasteiger partial charge in [0.2, 0.25) is 5.91 Å². The molecule has 0 spiro atoms. The average molecular weight is 413 g/mol. The van der Waals surface area contributed by atoms with Crippen LogP contribution in [0.1, 0.15) is 41.9 Å². The highest BCUT2D eigenvalue weighted by molar-refractivity contribution is 5.96. The first-order valence-corrected chi connectivity index (χ1v) is 9.75. The molecule has 0 unspecified atom stereocenters. The molecule has 0 radical (unpaired) electrons. The first-order chi connectivity index (χ1) is 14.2. The van der Waals surface area contributed by atoms with Crippen molar-refractivity contribution in [1.29, 1.82) is 0 Å². The molecule has 160 valence electrons. The lowest BCUT2D eigenvalue weighted by molar-refractivity contribution is -0.608. The number of amides is 2. The van der Waals surface area contributed by atoms with Crippen molar-refractivity contribution < 1.29 is 23.9 Å². The zero-order valence-corrected chi connectivity index (χ0v) is 17.7. The fourth-order valence-corrected chi connectivity index (χ4v) is 2.81. The number of rotatable bonds is 8. The van der Waals surface area contributed by atoms with Gasteiger partial charge in [-0.3, -0.25) is 9.59 Å². The number of esters is 1. The van der Waals surface area contributed by atoms with Gasteiger partial charge < -0.3 is 20.2 Å². The Morgan fingerprint density at radius 2 is 1.90 bits per heavy atom. The minimum absolute atomic E-state index is 0.175. The van der Waals surface area contributed by atoms with E-state index >= 15 is 0 Å². The number of benzene rings is 1. The monoisotopic (exact) mass is 413 g/mol. The van der Waals surface area contributed by atoms with Crippen LogP contribution < -0.4 is 10.0 Å². The first kappa shape index (κ1) is 22.9. The molecule has 1 N–H and O–H groups in total. The van der Waals surface area contributed by atoms with E-state index in [9.17, 15) is 19.6 Å². The molecular formula is C22H27N3O5. The Morgan fingerprint density at radius 1 is 1.17 bits per heavy atom. The maximum atomic E-state index is 12.7. The molecule has 8 nitrogen and oxygen atoms in total. The summed E-state index contributed by atoms with van der Waals surface area (Å²) >= 11 is 0. The molecule has 0 aliphatic heterocycles. The van der Waals surface area contributed by atoms with Gasteiger partial charge in [0.05, 0.1) is 0 Å². The topological polar surface area (TPSA) is 103 Å². The number of ether oxygens (including phenoxy) is 1. The summed E-state index contributed by atoms with van der Waals surface area (Å²) in [5, 5.41) is 14.5. The van der Waals surface area contributed by atoms with Gasteiger partial charge in [-0.1, -0.05) is 19.1 Å². The van der Waals surface area contributed by atoms with Gasteiger partial charge in [-0.05, 0) is 50.5 Å². The summed E-state index contributed by atoms with van der Waals surface area (Å²) in [7, 11) is 0. The third kappa shape index (κ3) is 5.79. The van der Waals surface area contributed by atoms with Gasteiger partial charge in [0.15, 0.2) is 12.8 Å². The number of anilines is 1. The number of hydrogen-bond donors (Lipinski definition) is 1. The fraction of sp³-hybridized carbons (Fsp3) is 0.364. The molecule has 0 aliphatic carbocycles. The van der Waals surface area contributed by atoms with Gasteiger partial charge in [-0.15, -0.1) is 0 Å². The second-order valence-electron chi connectivity index (χ2n) is 7.06. The highest BCUT2D eigenvalue weighted by Gasteiger charge is 2.25. The van der Waals surface area contributed by atoms with Gasteiger partial charge in [0, 0.05) is 23.9 Å². The Kier molecular flexibility index (Phi) is 7.91. The number of nitrogens with one attached hydrogen (secondary N) is 1. The average Bonchev–Trinajstić information content (AvgIpc) is 2.73. The van der Waals surface area contributed by atoms with Crippen LogP contribution in [0.3, 0.4) is 0 Å². The second kappa shape index (κ2) is 10.4. The molecule has 1 atom stereocenters. The fourth-order valence-electron chi connectivity index (χ4n) is 2.81. The highest BCUT2D eigenvalue weighted by atomic mass is 16.5.